The SMILES string of the molecule is CCOC(=O)CNC1CCc2cc(Br)ccc2C1. The highest BCUT2D eigenvalue weighted by atomic mass is 79.9. The first-order valence-corrected chi connectivity index (χ1v) is 7.14. The minimum Gasteiger partial charge on any atom is -0.465 e. The predicted octanol–water partition coefficient (Wildman–Crippen LogP) is 2.46. The van der Waals surface area contributed by atoms with Gasteiger partial charge in [0, 0.05) is 10.5 Å². The average molecular weight is 312 g/mol. The molecule has 4 heteroatoms. The van der Waals surface area contributed by atoms with E-state index in [4.69, 9.17) is 4.74 Å². The van der Waals surface area contributed by atoms with Crippen LogP contribution in [0.25, 0.3) is 0 Å². The van der Waals surface area contributed by atoms with E-state index >= 15 is 0 Å². The molecule has 18 heavy (non-hydrogen) atoms. The van der Waals surface area contributed by atoms with E-state index in [1.54, 1.807) is 0 Å². The Balaban J connectivity index is 1.88. The summed E-state index contributed by atoms with van der Waals surface area (Å²) >= 11 is 3.50. The van der Waals surface area contributed by atoms with Crippen LogP contribution in [0.15, 0.2) is 22.7 Å². The van der Waals surface area contributed by atoms with Crippen molar-refractivity contribution < 1.29 is 9.53 Å². The lowest BCUT2D eigenvalue weighted by Gasteiger charge is -2.25. The molecule has 1 atom stereocenters. The fourth-order valence-corrected chi connectivity index (χ4v) is 2.75. The molecule has 0 heterocycles. The summed E-state index contributed by atoms with van der Waals surface area (Å²) in [6.07, 6.45) is 3.13. The molecule has 0 fully saturated rings. The Morgan fingerprint density at radius 2 is 2.33 bits per heavy atom. The Morgan fingerprint density at radius 1 is 1.50 bits per heavy atom. The molecule has 0 radical (unpaired) electrons. The molecular weight excluding hydrogens is 294 g/mol. The van der Waals surface area contributed by atoms with Crippen LogP contribution in [0.4, 0.5) is 0 Å². The molecule has 1 aliphatic rings. The summed E-state index contributed by atoms with van der Waals surface area (Å²) in [5, 5.41) is 3.28. The largest absolute Gasteiger partial charge is 0.465 e. The van der Waals surface area contributed by atoms with Crippen molar-refractivity contribution in [2.75, 3.05) is 13.2 Å². The molecule has 0 saturated carbocycles. The second kappa shape index (κ2) is 6.34. The lowest BCUT2D eigenvalue weighted by atomic mass is 9.88. The number of ether oxygens (including phenoxy) is 1. The lowest BCUT2D eigenvalue weighted by Crippen LogP contribution is -2.38. The molecule has 1 unspecified atom stereocenters. The van der Waals surface area contributed by atoms with Gasteiger partial charge in [0.2, 0.25) is 0 Å². The van der Waals surface area contributed by atoms with Crippen LogP contribution in [0.3, 0.4) is 0 Å². The van der Waals surface area contributed by atoms with E-state index in [0.29, 0.717) is 19.2 Å². The summed E-state index contributed by atoms with van der Waals surface area (Å²) < 4.78 is 6.05. The molecule has 0 bridgehead atoms. The van der Waals surface area contributed by atoms with Crippen LogP contribution in [-0.2, 0) is 22.4 Å². The maximum Gasteiger partial charge on any atom is 0.319 e. The van der Waals surface area contributed by atoms with E-state index in [2.05, 4.69) is 39.4 Å². The van der Waals surface area contributed by atoms with Crippen LogP contribution in [-0.4, -0.2) is 25.2 Å². The van der Waals surface area contributed by atoms with E-state index in [9.17, 15) is 4.79 Å². The molecule has 0 amide bonds. The number of hydrogen-bond acceptors (Lipinski definition) is 3. The van der Waals surface area contributed by atoms with Gasteiger partial charge in [-0.2, -0.15) is 0 Å². The first-order valence-electron chi connectivity index (χ1n) is 6.35. The zero-order chi connectivity index (χ0) is 13.0. The zero-order valence-corrected chi connectivity index (χ0v) is 12.1. The molecule has 1 aliphatic carbocycles. The smallest absolute Gasteiger partial charge is 0.319 e. The number of fused-ring (bicyclic) bond motifs is 1. The Bertz CT molecular complexity index is 434. The quantitative estimate of drug-likeness (QED) is 0.868. The highest BCUT2D eigenvalue weighted by Gasteiger charge is 2.19. The third kappa shape index (κ3) is 3.56. The number of carbonyl (C=O) groups is 1. The van der Waals surface area contributed by atoms with Crippen LogP contribution in [0.2, 0.25) is 0 Å². The molecule has 0 aromatic heterocycles. The van der Waals surface area contributed by atoms with Crippen LogP contribution >= 0.6 is 15.9 Å². The monoisotopic (exact) mass is 311 g/mol. The van der Waals surface area contributed by atoms with E-state index in [0.717, 1.165) is 23.7 Å². The van der Waals surface area contributed by atoms with Gasteiger partial charge in [-0.3, -0.25) is 4.79 Å². The minimum absolute atomic E-state index is 0.167. The second-order valence-electron chi connectivity index (χ2n) is 4.54. The molecule has 0 aliphatic heterocycles. The molecule has 98 valence electrons. The Labute approximate surface area is 116 Å². The molecule has 0 spiro atoms. The highest BCUT2D eigenvalue weighted by Crippen LogP contribution is 2.24. The van der Waals surface area contributed by atoms with Gasteiger partial charge in [-0.25, -0.2) is 0 Å². The maximum absolute atomic E-state index is 11.3. The van der Waals surface area contributed by atoms with Gasteiger partial charge >= 0.3 is 5.97 Å². The van der Waals surface area contributed by atoms with Crippen LogP contribution in [0, 0.1) is 0 Å². The van der Waals surface area contributed by atoms with Crippen molar-refractivity contribution in [1.29, 1.82) is 0 Å². The Hall–Kier alpha value is -0.870. The van der Waals surface area contributed by atoms with Crippen molar-refractivity contribution in [2.24, 2.45) is 0 Å². The van der Waals surface area contributed by atoms with Gasteiger partial charge in [-0.05, 0) is 49.4 Å². The summed E-state index contributed by atoms with van der Waals surface area (Å²) in [5.74, 6) is -0.167. The summed E-state index contributed by atoms with van der Waals surface area (Å²) in [6, 6.07) is 6.81. The number of aryl methyl sites for hydroxylation is 1. The number of hydrogen-bond donors (Lipinski definition) is 1. The van der Waals surface area contributed by atoms with Gasteiger partial charge in [-0.1, -0.05) is 22.0 Å². The summed E-state index contributed by atoms with van der Waals surface area (Å²) in [7, 11) is 0. The Morgan fingerprint density at radius 3 is 3.11 bits per heavy atom. The van der Waals surface area contributed by atoms with Gasteiger partial charge in [0.15, 0.2) is 0 Å². The summed E-state index contributed by atoms with van der Waals surface area (Å²) in [5.41, 5.74) is 2.80. The topological polar surface area (TPSA) is 38.3 Å². The van der Waals surface area contributed by atoms with Crippen LogP contribution in [0.1, 0.15) is 24.5 Å². The van der Waals surface area contributed by atoms with E-state index in [-0.39, 0.29) is 5.97 Å². The van der Waals surface area contributed by atoms with Crippen LogP contribution < -0.4 is 5.32 Å². The first kappa shape index (κ1) is 13.6. The van der Waals surface area contributed by atoms with Gasteiger partial charge < -0.3 is 10.1 Å². The molecule has 2 rings (SSSR count). The van der Waals surface area contributed by atoms with E-state index in [1.165, 1.54) is 11.1 Å². The van der Waals surface area contributed by atoms with Crippen molar-refractivity contribution in [2.45, 2.75) is 32.2 Å². The van der Waals surface area contributed by atoms with E-state index in [1.807, 2.05) is 6.92 Å². The van der Waals surface area contributed by atoms with Gasteiger partial charge in [-0.15, -0.1) is 0 Å². The third-order valence-electron chi connectivity index (χ3n) is 3.24. The molecule has 1 N–H and O–H groups in total. The minimum atomic E-state index is -0.167. The van der Waals surface area contributed by atoms with E-state index < -0.39 is 0 Å². The summed E-state index contributed by atoms with van der Waals surface area (Å²) in [4.78, 5) is 11.3. The normalized spacial score (nSPS) is 18.2. The number of benzene rings is 1. The number of rotatable bonds is 4. The van der Waals surface area contributed by atoms with Crippen molar-refractivity contribution >= 4 is 21.9 Å². The number of carbonyl (C=O) groups excluding carboxylic acids is 1. The van der Waals surface area contributed by atoms with Gasteiger partial charge in [0.25, 0.3) is 0 Å². The zero-order valence-electron chi connectivity index (χ0n) is 10.5. The van der Waals surface area contributed by atoms with Crippen molar-refractivity contribution in [3.63, 3.8) is 0 Å². The summed E-state index contributed by atoms with van der Waals surface area (Å²) in [6.45, 7) is 2.58. The predicted molar refractivity (Wildman–Crippen MR) is 74.6 cm³/mol. The molecule has 1 aromatic carbocycles. The third-order valence-corrected chi connectivity index (χ3v) is 3.73. The molecule has 0 saturated heterocycles. The average Bonchev–Trinajstić information content (AvgIpc) is 2.36. The van der Waals surface area contributed by atoms with Gasteiger partial charge in [0.1, 0.15) is 0 Å². The highest BCUT2D eigenvalue weighted by molar-refractivity contribution is 9.10. The number of nitrogens with one attached hydrogen (secondary N) is 1. The fraction of sp³-hybridized carbons (Fsp3) is 0.500. The fourth-order valence-electron chi connectivity index (χ4n) is 2.34. The van der Waals surface area contributed by atoms with Crippen molar-refractivity contribution in [3.05, 3.63) is 33.8 Å². The second-order valence-corrected chi connectivity index (χ2v) is 5.45. The molecular formula is C14H18BrNO2. The number of halogens is 1. The molecule has 1 aromatic rings. The first-order chi connectivity index (χ1) is 8.69. The van der Waals surface area contributed by atoms with Crippen molar-refractivity contribution in [3.8, 4) is 0 Å². The van der Waals surface area contributed by atoms with Crippen molar-refractivity contribution in [1.82, 2.24) is 5.32 Å². The Kier molecular flexibility index (Phi) is 4.78. The number of esters is 1. The lowest BCUT2D eigenvalue weighted by molar-refractivity contribution is -0.142. The van der Waals surface area contributed by atoms with Crippen LogP contribution in [0.5, 0.6) is 0 Å². The standard InChI is InChI=1S/C14H18BrNO2/c1-2-18-14(17)9-16-13-6-4-10-7-12(15)5-3-11(10)8-13/h3,5,7,13,16H,2,4,6,8-9H2,1H3. The van der Waals surface area contributed by atoms with Gasteiger partial charge in [0.05, 0.1) is 13.2 Å². The molecule has 3 nitrogen and oxygen atoms in total. The maximum atomic E-state index is 11.3.